The fourth-order valence-electron chi connectivity index (χ4n) is 2.52. The van der Waals surface area contributed by atoms with E-state index in [0.717, 1.165) is 0 Å². The highest BCUT2D eigenvalue weighted by atomic mass is 19.1. The van der Waals surface area contributed by atoms with Gasteiger partial charge in [0.25, 0.3) is 0 Å². The molecule has 2 N–H and O–H groups in total. The van der Waals surface area contributed by atoms with Crippen molar-refractivity contribution in [1.82, 2.24) is 5.32 Å². The van der Waals surface area contributed by atoms with Gasteiger partial charge in [0.2, 0.25) is 0 Å². The molecule has 1 fully saturated rings. The molecular weight excluding hydrogens is 285 g/mol. The number of hydrogen-bond donors (Lipinski definition) is 2. The third-order valence-electron chi connectivity index (χ3n) is 3.32. The molecule has 1 heterocycles. The molecule has 1 aromatic carbocycles. The van der Waals surface area contributed by atoms with Crippen LogP contribution in [0.1, 0.15) is 13.8 Å². The Kier molecular flexibility index (Phi) is 5.23. The van der Waals surface area contributed by atoms with Crippen LogP contribution in [0.25, 0.3) is 0 Å². The van der Waals surface area contributed by atoms with Crippen LogP contribution >= 0.6 is 0 Å². The van der Waals surface area contributed by atoms with Gasteiger partial charge >= 0.3 is 6.03 Å². The van der Waals surface area contributed by atoms with Crippen molar-refractivity contribution in [3.05, 3.63) is 24.0 Å². The van der Waals surface area contributed by atoms with E-state index in [-0.39, 0.29) is 24.6 Å². The summed E-state index contributed by atoms with van der Waals surface area (Å²) in [7, 11) is 0. The summed E-state index contributed by atoms with van der Waals surface area (Å²) >= 11 is 0. The number of amides is 2. The fourth-order valence-corrected chi connectivity index (χ4v) is 2.52. The molecule has 2 rings (SSSR count). The van der Waals surface area contributed by atoms with Crippen LogP contribution in [-0.2, 0) is 4.74 Å². The van der Waals surface area contributed by atoms with Crippen LogP contribution in [0.3, 0.4) is 0 Å². The normalized spacial score (nSPS) is 21.1. The third-order valence-corrected chi connectivity index (χ3v) is 3.32. The number of nitrogens with one attached hydrogen (secondary N) is 2. The maximum absolute atomic E-state index is 14.3. The highest BCUT2D eigenvalue weighted by molar-refractivity contribution is 5.89. The smallest absolute Gasteiger partial charge is 0.319 e. The van der Waals surface area contributed by atoms with E-state index in [1.54, 1.807) is 12.1 Å². The quantitative estimate of drug-likeness (QED) is 0.842. The van der Waals surface area contributed by atoms with Crippen molar-refractivity contribution in [2.45, 2.75) is 26.1 Å². The molecule has 0 radical (unpaired) electrons. The van der Waals surface area contributed by atoms with Crippen molar-refractivity contribution in [3.8, 4) is 12.3 Å². The molecule has 118 valence electrons. The second kappa shape index (κ2) is 7.14. The number of nitrogens with zero attached hydrogens (tertiary/aromatic N) is 1. The molecule has 0 aliphatic carbocycles. The van der Waals surface area contributed by atoms with Crippen LogP contribution in [0.2, 0.25) is 0 Å². The lowest BCUT2D eigenvalue weighted by Gasteiger charge is -2.37. The molecule has 22 heavy (non-hydrogen) atoms. The van der Waals surface area contributed by atoms with Crippen LogP contribution in [-0.4, -0.2) is 37.9 Å². The average molecular weight is 305 g/mol. The van der Waals surface area contributed by atoms with Crippen molar-refractivity contribution >= 4 is 17.4 Å². The molecule has 1 aromatic rings. The molecule has 5 nitrogen and oxygen atoms in total. The van der Waals surface area contributed by atoms with Gasteiger partial charge in [0.15, 0.2) is 0 Å². The Balaban J connectivity index is 2.06. The number of hydrogen-bond acceptors (Lipinski definition) is 3. The van der Waals surface area contributed by atoms with Gasteiger partial charge in [-0.2, -0.15) is 0 Å². The first-order chi connectivity index (χ1) is 10.5. The minimum Gasteiger partial charge on any atom is -0.372 e. The third kappa shape index (κ3) is 4.12. The molecule has 1 aliphatic heterocycles. The van der Waals surface area contributed by atoms with E-state index in [2.05, 4.69) is 16.6 Å². The maximum Gasteiger partial charge on any atom is 0.319 e. The highest BCUT2D eigenvalue weighted by Gasteiger charge is 2.24. The van der Waals surface area contributed by atoms with Crippen LogP contribution in [0.4, 0.5) is 20.6 Å². The Labute approximate surface area is 129 Å². The number of rotatable bonds is 3. The van der Waals surface area contributed by atoms with E-state index in [1.165, 1.54) is 6.07 Å². The summed E-state index contributed by atoms with van der Waals surface area (Å²) < 4.78 is 20.0. The second-order valence-corrected chi connectivity index (χ2v) is 5.34. The maximum atomic E-state index is 14.3. The number of benzene rings is 1. The summed E-state index contributed by atoms with van der Waals surface area (Å²) in [5, 5.41) is 4.99. The molecule has 0 unspecified atom stereocenters. The molecule has 2 amide bonds. The molecule has 0 aromatic heterocycles. The van der Waals surface area contributed by atoms with Crippen molar-refractivity contribution in [2.24, 2.45) is 0 Å². The zero-order valence-electron chi connectivity index (χ0n) is 12.7. The first kappa shape index (κ1) is 16.1. The van der Waals surface area contributed by atoms with E-state index >= 15 is 0 Å². The molecule has 2 atom stereocenters. The van der Waals surface area contributed by atoms with E-state index in [9.17, 15) is 9.18 Å². The number of carbonyl (C=O) groups excluding carboxylic acids is 1. The van der Waals surface area contributed by atoms with Gasteiger partial charge in [-0.05, 0) is 32.0 Å². The van der Waals surface area contributed by atoms with Crippen molar-refractivity contribution in [2.75, 3.05) is 29.9 Å². The molecule has 0 saturated carbocycles. The average Bonchev–Trinajstić information content (AvgIpc) is 2.44. The fraction of sp³-hybridized carbons (Fsp3) is 0.438. The van der Waals surface area contributed by atoms with Crippen molar-refractivity contribution < 1.29 is 13.9 Å². The summed E-state index contributed by atoms with van der Waals surface area (Å²) in [5.41, 5.74) is 0.890. The van der Waals surface area contributed by atoms with Gasteiger partial charge in [-0.3, -0.25) is 0 Å². The molecule has 0 bridgehead atoms. The van der Waals surface area contributed by atoms with Crippen molar-refractivity contribution in [3.63, 3.8) is 0 Å². The number of ether oxygens (including phenoxy) is 1. The topological polar surface area (TPSA) is 53.6 Å². The summed E-state index contributed by atoms with van der Waals surface area (Å²) in [6, 6.07) is 4.17. The zero-order valence-corrected chi connectivity index (χ0v) is 12.7. The minimum absolute atomic E-state index is 0.0514. The van der Waals surface area contributed by atoms with Crippen LogP contribution in [0.15, 0.2) is 18.2 Å². The summed E-state index contributed by atoms with van der Waals surface area (Å²) in [6.07, 6.45) is 5.15. The van der Waals surface area contributed by atoms with Crippen LogP contribution in [0.5, 0.6) is 0 Å². The highest BCUT2D eigenvalue weighted by Crippen LogP contribution is 2.26. The number of urea groups is 1. The number of carbonyl (C=O) groups is 1. The van der Waals surface area contributed by atoms with Gasteiger partial charge < -0.3 is 20.3 Å². The van der Waals surface area contributed by atoms with Crippen molar-refractivity contribution in [1.29, 1.82) is 0 Å². The molecule has 6 heteroatoms. The monoisotopic (exact) mass is 305 g/mol. The molecular formula is C16H20FN3O2. The predicted molar refractivity (Wildman–Crippen MR) is 84.5 cm³/mol. The first-order valence-corrected chi connectivity index (χ1v) is 7.18. The minimum atomic E-state index is -0.460. The van der Waals surface area contributed by atoms with E-state index in [0.29, 0.717) is 24.5 Å². The summed E-state index contributed by atoms with van der Waals surface area (Å²) in [4.78, 5) is 13.4. The largest absolute Gasteiger partial charge is 0.372 e. The van der Waals surface area contributed by atoms with Gasteiger partial charge in [-0.25, -0.2) is 9.18 Å². The van der Waals surface area contributed by atoms with E-state index < -0.39 is 6.03 Å². The van der Waals surface area contributed by atoms with Gasteiger partial charge in [0.1, 0.15) is 5.82 Å². The molecule has 1 saturated heterocycles. The Morgan fingerprint density at radius 2 is 2.14 bits per heavy atom. The number of anilines is 2. The Morgan fingerprint density at radius 3 is 2.73 bits per heavy atom. The van der Waals surface area contributed by atoms with Gasteiger partial charge in [-0.15, -0.1) is 6.42 Å². The summed E-state index contributed by atoms with van der Waals surface area (Å²) in [6.45, 7) is 5.32. The van der Waals surface area contributed by atoms with Crippen LogP contribution < -0.4 is 15.5 Å². The number of terminal acetylenes is 1. The SMILES string of the molecule is C#CCNC(=O)Nc1ccc(N2C[C@@H](C)O[C@@H](C)C2)c(F)c1. The van der Waals surface area contributed by atoms with Gasteiger partial charge in [-0.1, -0.05) is 5.92 Å². The lowest BCUT2D eigenvalue weighted by molar-refractivity contribution is -0.00539. The van der Waals surface area contributed by atoms with E-state index in [1.807, 2.05) is 18.7 Å². The predicted octanol–water partition coefficient (Wildman–Crippen LogP) is 2.19. The lowest BCUT2D eigenvalue weighted by Crippen LogP contribution is -2.45. The number of halogens is 1. The Hall–Kier alpha value is -2.26. The summed E-state index contributed by atoms with van der Waals surface area (Å²) in [5.74, 6) is 1.91. The van der Waals surface area contributed by atoms with Gasteiger partial charge in [0, 0.05) is 18.8 Å². The van der Waals surface area contributed by atoms with Gasteiger partial charge in [0.05, 0.1) is 24.4 Å². The lowest BCUT2D eigenvalue weighted by atomic mass is 10.2. The van der Waals surface area contributed by atoms with E-state index in [4.69, 9.17) is 11.2 Å². The standard InChI is InChI=1S/C16H20FN3O2/c1-4-7-18-16(21)19-13-5-6-15(14(17)8-13)20-9-11(2)22-12(3)10-20/h1,5-6,8,11-12H,7,9-10H2,2-3H3,(H2,18,19,21)/t11-,12+. The Bertz CT molecular complexity index is 575. The first-order valence-electron chi connectivity index (χ1n) is 7.18. The molecule has 0 spiro atoms. The Morgan fingerprint density at radius 1 is 1.45 bits per heavy atom. The van der Waals surface area contributed by atoms with Crippen LogP contribution in [0, 0.1) is 18.2 Å². The second-order valence-electron chi connectivity index (χ2n) is 5.34. The zero-order chi connectivity index (χ0) is 16.1. The number of morpholine rings is 1. The molecule has 1 aliphatic rings.